The zero-order valence-electron chi connectivity index (χ0n) is 14.8. The van der Waals surface area contributed by atoms with E-state index in [1.54, 1.807) is 31.3 Å². The fourth-order valence-corrected chi connectivity index (χ4v) is 4.66. The van der Waals surface area contributed by atoms with E-state index in [1.807, 2.05) is 12.1 Å². The van der Waals surface area contributed by atoms with E-state index in [4.69, 9.17) is 0 Å². The van der Waals surface area contributed by atoms with Gasteiger partial charge in [-0.2, -0.15) is 0 Å². The normalized spacial score (nSPS) is 16.6. The van der Waals surface area contributed by atoms with E-state index in [2.05, 4.69) is 5.32 Å². The number of ketones is 1. The van der Waals surface area contributed by atoms with E-state index < -0.39 is 16.0 Å². The van der Waals surface area contributed by atoms with Crippen molar-refractivity contribution >= 4 is 39.6 Å². The molecule has 0 saturated carbocycles. The highest BCUT2D eigenvalue weighted by molar-refractivity contribution is 8.04. The van der Waals surface area contributed by atoms with Gasteiger partial charge in [-0.05, 0) is 34.0 Å². The first-order chi connectivity index (χ1) is 13.5. The average Bonchev–Trinajstić information content (AvgIpc) is 3.03. The van der Waals surface area contributed by atoms with Crippen LogP contribution in [0.5, 0.6) is 0 Å². The molecule has 0 saturated heterocycles. The minimum Gasteiger partial charge on any atom is -0.382 e. The Kier molecular flexibility index (Phi) is 4.60. The summed E-state index contributed by atoms with van der Waals surface area (Å²) in [5.74, 6) is -0.631. The van der Waals surface area contributed by atoms with Crippen molar-refractivity contribution < 1.29 is 14.1 Å². The van der Waals surface area contributed by atoms with Crippen LogP contribution in [-0.2, 0) is 4.79 Å². The number of halogens is 1. The highest BCUT2D eigenvalue weighted by atomic mass is 32.2. The molecule has 0 aromatic heterocycles. The number of carbonyl (C=O) groups is 1. The first kappa shape index (κ1) is 18.2. The zero-order valence-corrected chi connectivity index (χ0v) is 15.6. The molecule has 1 aliphatic rings. The van der Waals surface area contributed by atoms with Gasteiger partial charge in [0.25, 0.3) is 5.69 Å². The summed E-state index contributed by atoms with van der Waals surface area (Å²) in [5.41, 5.74) is 1.40. The van der Waals surface area contributed by atoms with Gasteiger partial charge in [0.2, 0.25) is 0 Å². The average molecular weight is 394 g/mol. The number of benzene rings is 3. The summed E-state index contributed by atoms with van der Waals surface area (Å²) in [6, 6.07) is 16.1. The molecule has 3 aromatic carbocycles. The summed E-state index contributed by atoms with van der Waals surface area (Å²) in [6.45, 7) is 0. The van der Waals surface area contributed by atoms with Crippen LogP contribution in [0.2, 0.25) is 0 Å². The van der Waals surface area contributed by atoms with Crippen molar-refractivity contribution in [1.29, 1.82) is 0 Å². The number of non-ortho nitro benzene ring substituents is 1. The molecule has 7 heteroatoms. The smallest absolute Gasteiger partial charge is 0.270 e. The van der Waals surface area contributed by atoms with Gasteiger partial charge in [0.05, 0.1) is 15.5 Å². The maximum Gasteiger partial charge on any atom is 0.270 e. The standard InChI is InChI=1S/C21H15FN2O3S/c1-23-21-18(13-6-4-7-14(22)9-13)19(25)20(28-21)17-11-15(24(26)27)10-12-5-2-3-8-16(12)17/h2-11,20,23H,1H3. The number of hydrogen-bond acceptors (Lipinski definition) is 5. The molecule has 1 heterocycles. The number of nitrogens with one attached hydrogen (secondary N) is 1. The second kappa shape index (κ2) is 7.09. The van der Waals surface area contributed by atoms with Crippen LogP contribution in [0.15, 0.2) is 65.7 Å². The van der Waals surface area contributed by atoms with Crippen molar-refractivity contribution in [3.8, 4) is 0 Å². The van der Waals surface area contributed by atoms with Crippen LogP contribution in [0.3, 0.4) is 0 Å². The number of rotatable bonds is 4. The quantitative estimate of drug-likeness (QED) is 0.507. The summed E-state index contributed by atoms with van der Waals surface area (Å²) in [5, 5.41) is 15.9. The summed E-state index contributed by atoms with van der Waals surface area (Å²) >= 11 is 1.29. The van der Waals surface area contributed by atoms with Gasteiger partial charge >= 0.3 is 0 Å². The maximum atomic E-state index is 13.7. The van der Waals surface area contributed by atoms with Crippen LogP contribution in [0.4, 0.5) is 10.1 Å². The van der Waals surface area contributed by atoms with Gasteiger partial charge in [0.1, 0.15) is 11.1 Å². The molecule has 4 rings (SSSR count). The van der Waals surface area contributed by atoms with E-state index >= 15 is 0 Å². The number of hydrogen-bond donors (Lipinski definition) is 1. The third kappa shape index (κ3) is 3.03. The van der Waals surface area contributed by atoms with Crippen molar-refractivity contribution in [3.05, 3.63) is 92.8 Å². The van der Waals surface area contributed by atoms with Gasteiger partial charge in [-0.15, -0.1) is 0 Å². The monoisotopic (exact) mass is 394 g/mol. The number of carbonyl (C=O) groups excluding carboxylic acids is 1. The lowest BCUT2D eigenvalue weighted by molar-refractivity contribution is -0.384. The largest absolute Gasteiger partial charge is 0.382 e. The predicted octanol–water partition coefficient (Wildman–Crippen LogP) is 4.83. The van der Waals surface area contributed by atoms with Crippen LogP contribution in [0.1, 0.15) is 16.4 Å². The van der Waals surface area contributed by atoms with Crippen molar-refractivity contribution in [2.24, 2.45) is 0 Å². The molecule has 0 bridgehead atoms. The van der Waals surface area contributed by atoms with Crippen molar-refractivity contribution in [2.75, 3.05) is 7.05 Å². The molecule has 3 aromatic rings. The molecule has 1 unspecified atom stereocenters. The van der Waals surface area contributed by atoms with Crippen molar-refractivity contribution in [3.63, 3.8) is 0 Å². The van der Waals surface area contributed by atoms with Gasteiger partial charge in [-0.1, -0.05) is 48.2 Å². The van der Waals surface area contributed by atoms with Crippen LogP contribution in [-0.4, -0.2) is 17.8 Å². The van der Waals surface area contributed by atoms with Crippen molar-refractivity contribution in [1.82, 2.24) is 5.32 Å². The fraction of sp³-hybridized carbons (Fsp3) is 0.0952. The molecule has 0 fully saturated rings. The molecule has 0 amide bonds. The summed E-state index contributed by atoms with van der Waals surface area (Å²) in [4.78, 5) is 24.2. The Balaban J connectivity index is 1.86. The number of nitrogens with zero attached hydrogens (tertiary/aromatic N) is 1. The number of Topliss-reactive ketones (excluding diaryl/α,β-unsaturated/α-hetero) is 1. The molecular weight excluding hydrogens is 379 g/mol. The van der Waals surface area contributed by atoms with E-state index in [-0.39, 0.29) is 11.5 Å². The SMILES string of the molecule is CNC1=C(c2cccc(F)c2)C(=O)C(c2cc([N+](=O)[O-])cc3ccccc23)S1. The summed E-state index contributed by atoms with van der Waals surface area (Å²) in [7, 11) is 1.70. The highest BCUT2D eigenvalue weighted by Crippen LogP contribution is 2.49. The lowest BCUT2D eigenvalue weighted by atomic mass is 9.94. The molecule has 0 radical (unpaired) electrons. The molecule has 1 N–H and O–H groups in total. The number of nitro benzene ring substituents is 1. The Morgan fingerprint density at radius 3 is 2.61 bits per heavy atom. The summed E-state index contributed by atoms with van der Waals surface area (Å²) in [6.07, 6.45) is 0. The van der Waals surface area contributed by atoms with E-state index in [0.717, 1.165) is 5.39 Å². The predicted molar refractivity (Wildman–Crippen MR) is 108 cm³/mol. The topological polar surface area (TPSA) is 72.2 Å². The molecule has 5 nitrogen and oxygen atoms in total. The van der Waals surface area contributed by atoms with E-state index in [1.165, 1.54) is 36.0 Å². The third-order valence-electron chi connectivity index (χ3n) is 4.66. The second-order valence-corrected chi connectivity index (χ2v) is 7.46. The Labute approximate surface area is 164 Å². The minimum absolute atomic E-state index is 0.0627. The van der Waals surface area contributed by atoms with Crippen LogP contribution < -0.4 is 5.32 Å². The van der Waals surface area contributed by atoms with Gasteiger partial charge in [-0.3, -0.25) is 14.9 Å². The van der Waals surface area contributed by atoms with Crippen LogP contribution >= 0.6 is 11.8 Å². The molecule has 0 spiro atoms. The molecule has 0 aliphatic carbocycles. The molecule has 1 aliphatic heterocycles. The lowest BCUT2D eigenvalue weighted by Crippen LogP contribution is -2.08. The van der Waals surface area contributed by atoms with Gasteiger partial charge in [0, 0.05) is 19.2 Å². The van der Waals surface area contributed by atoms with Crippen molar-refractivity contribution in [2.45, 2.75) is 5.25 Å². The minimum atomic E-state index is -0.648. The molecule has 1 atom stereocenters. The van der Waals surface area contributed by atoms with Gasteiger partial charge in [-0.25, -0.2) is 4.39 Å². The second-order valence-electron chi connectivity index (χ2n) is 6.34. The highest BCUT2D eigenvalue weighted by Gasteiger charge is 2.37. The Morgan fingerprint density at radius 1 is 1.11 bits per heavy atom. The van der Waals surface area contributed by atoms with Gasteiger partial charge < -0.3 is 5.32 Å². The van der Waals surface area contributed by atoms with E-state index in [0.29, 0.717) is 27.1 Å². The Morgan fingerprint density at radius 2 is 1.89 bits per heavy atom. The number of allylic oxidation sites excluding steroid dienone is 1. The number of nitro groups is 1. The maximum absolute atomic E-state index is 13.7. The zero-order chi connectivity index (χ0) is 19.8. The molecule has 140 valence electrons. The van der Waals surface area contributed by atoms with Crippen LogP contribution in [0.25, 0.3) is 16.3 Å². The van der Waals surface area contributed by atoms with Crippen LogP contribution in [0, 0.1) is 15.9 Å². The number of thioether (sulfide) groups is 1. The molecule has 28 heavy (non-hydrogen) atoms. The summed E-state index contributed by atoms with van der Waals surface area (Å²) < 4.78 is 13.7. The third-order valence-corrected chi connectivity index (χ3v) is 6.01. The Bertz CT molecular complexity index is 1160. The first-order valence-corrected chi connectivity index (χ1v) is 9.43. The molecular formula is C21H15FN2O3S. The Hall–Kier alpha value is -3.19. The first-order valence-electron chi connectivity index (χ1n) is 8.55. The van der Waals surface area contributed by atoms with Gasteiger partial charge in [0.15, 0.2) is 5.78 Å². The van der Waals surface area contributed by atoms with E-state index in [9.17, 15) is 19.3 Å². The fourth-order valence-electron chi connectivity index (χ4n) is 3.43. The number of fused-ring (bicyclic) bond motifs is 1. The lowest BCUT2D eigenvalue weighted by Gasteiger charge is -2.13.